The van der Waals surface area contributed by atoms with Crippen LogP contribution in [0.4, 0.5) is 5.69 Å². The maximum Gasteiger partial charge on any atom is 0.310 e. The molecule has 1 aromatic carbocycles. The van der Waals surface area contributed by atoms with E-state index in [1.165, 1.54) is 0 Å². The van der Waals surface area contributed by atoms with Crippen LogP contribution in [0.25, 0.3) is 0 Å². The predicted molar refractivity (Wildman–Crippen MR) is 65.0 cm³/mol. The first-order valence-corrected chi connectivity index (χ1v) is 5.72. The average Bonchev–Trinajstić information content (AvgIpc) is 2.24. The number of nitrogen functional groups attached to an aromatic ring is 1. The van der Waals surface area contributed by atoms with Crippen LogP contribution < -0.4 is 5.73 Å². The lowest BCUT2D eigenvalue weighted by Crippen LogP contribution is -2.09. The standard InChI is InChI=1S/C13H19NO2/c1-2-3-4-8-16-13(15)10-11-6-5-7-12(14)9-11/h5-7,9H,2-4,8,10,14H2,1H3. The van der Waals surface area contributed by atoms with Crippen LogP contribution in [0.1, 0.15) is 31.7 Å². The van der Waals surface area contributed by atoms with Gasteiger partial charge in [0, 0.05) is 5.69 Å². The smallest absolute Gasteiger partial charge is 0.310 e. The number of hydrogen-bond acceptors (Lipinski definition) is 3. The van der Waals surface area contributed by atoms with E-state index in [4.69, 9.17) is 10.5 Å². The molecule has 0 atom stereocenters. The Morgan fingerprint density at radius 2 is 2.19 bits per heavy atom. The summed E-state index contributed by atoms with van der Waals surface area (Å²) in [4.78, 5) is 11.4. The summed E-state index contributed by atoms with van der Waals surface area (Å²) in [5, 5.41) is 0. The van der Waals surface area contributed by atoms with Crippen molar-refractivity contribution in [2.45, 2.75) is 32.6 Å². The summed E-state index contributed by atoms with van der Waals surface area (Å²) in [6, 6.07) is 7.32. The second-order valence-corrected chi connectivity index (χ2v) is 3.85. The summed E-state index contributed by atoms with van der Waals surface area (Å²) in [6.45, 7) is 2.64. The van der Waals surface area contributed by atoms with Gasteiger partial charge in [0.15, 0.2) is 0 Å². The average molecular weight is 221 g/mol. The molecule has 0 aliphatic heterocycles. The Bertz CT molecular complexity index is 336. The largest absolute Gasteiger partial charge is 0.465 e. The van der Waals surface area contributed by atoms with Gasteiger partial charge in [0.1, 0.15) is 0 Å². The molecule has 0 spiro atoms. The molecule has 0 bridgehead atoms. The van der Waals surface area contributed by atoms with Crippen molar-refractivity contribution in [3.63, 3.8) is 0 Å². The fourth-order valence-electron chi connectivity index (χ4n) is 1.46. The van der Waals surface area contributed by atoms with Crippen molar-refractivity contribution in [3.05, 3.63) is 29.8 Å². The van der Waals surface area contributed by atoms with Crippen LogP contribution in [0.3, 0.4) is 0 Å². The van der Waals surface area contributed by atoms with Crippen LogP contribution in [-0.4, -0.2) is 12.6 Å². The molecule has 0 aliphatic rings. The molecule has 0 amide bonds. The maximum absolute atomic E-state index is 11.4. The molecule has 2 N–H and O–H groups in total. The molecule has 0 aromatic heterocycles. The number of esters is 1. The third-order valence-corrected chi connectivity index (χ3v) is 2.31. The van der Waals surface area contributed by atoms with E-state index in [-0.39, 0.29) is 5.97 Å². The number of rotatable bonds is 6. The summed E-state index contributed by atoms with van der Waals surface area (Å²) in [5.41, 5.74) is 7.20. The molecule has 0 radical (unpaired) electrons. The van der Waals surface area contributed by atoms with Crippen molar-refractivity contribution < 1.29 is 9.53 Å². The lowest BCUT2D eigenvalue weighted by atomic mass is 10.1. The van der Waals surface area contributed by atoms with E-state index in [0.717, 1.165) is 24.8 Å². The second kappa shape index (κ2) is 6.88. The fourth-order valence-corrected chi connectivity index (χ4v) is 1.46. The summed E-state index contributed by atoms with van der Waals surface area (Å²) >= 11 is 0. The third-order valence-electron chi connectivity index (χ3n) is 2.31. The molecule has 0 aliphatic carbocycles. The zero-order valence-corrected chi connectivity index (χ0v) is 9.74. The van der Waals surface area contributed by atoms with Gasteiger partial charge in [-0.15, -0.1) is 0 Å². The molecule has 88 valence electrons. The van der Waals surface area contributed by atoms with Gasteiger partial charge in [-0.3, -0.25) is 4.79 Å². The Hall–Kier alpha value is -1.51. The monoisotopic (exact) mass is 221 g/mol. The molecule has 3 nitrogen and oxygen atoms in total. The minimum absolute atomic E-state index is 0.179. The highest BCUT2D eigenvalue weighted by molar-refractivity contribution is 5.72. The Morgan fingerprint density at radius 3 is 2.88 bits per heavy atom. The van der Waals surface area contributed by atoms with Crippen molar-refractivity contribution in [2.24, 2.45) is 0 Å². The van der Waals surface area contributed by atoms with Gasteiger partial charge >= 0.3 is 5.97 Å². The normalized spacial score (nSPS) is 10.1. The molecular weight excluding hydrogens is 202 g/mol. The van der Waals surface area contributed by atoms with Gasteiger partial charge in [0.05, 0.1) is 13.0 Å². The molecule has 0 saturated carbocycles. The van der Waals surface area contributed by atoms with Gasteiger partial charge in [0.25, 0.3) is 0 Å². The zero-order chi connectivity index (χ0) is 11.8. The topological polar surface area (TPSA) is 52.3 Å². The fraction of sp³-hybridized carbons (Fsp3) is 0.462. The predicted octanol–water partition coefficient (Wildman–Crippen LogP) is 2.54. The first-order valence-electron chi connectivity index (χ1n) is 5.72. The van der Waals surface area contributed by atoms with E-state index >= 15 is 0 Å². The number of anilines is 1. The Morgan fingerprint density at radius 1 is 1.38 bits per heavy atom. The van der Waals surface area contributed by atoms with Crippen molar-refractivity contribution >= 4 is 11.7 Å². The molecule has 0 heterocycles. The van der Waals surface area contributed by atoms with E-state index in [9.17, 15) is 4.79 Å². The van der Waals surface area contributed by atoms with Gasteiger partial charge < -0.3 is 10.5 Å². The van der Waals surface area contributed by atoms with Crippen LogP contribution in [0.5, 0.6) is 0 Å². The minimum atomic E-state index is -0.179. The van der Waals surface area contributed by atoms with Gasteiger partial charge in [-0.25, -0.2) is 0 Å². The van der Waals surface area contributed by atoms with E-state index in [1.54, 1.807) is 12.1 Å². The van der Waals surface area contributed by atoms with E-state index in [1.807, 2.05) is 12.1 Å². The number of ether oxygens (including phenoxy) is 1. The summed E-state index contributed by atoms with van der Waals surface area (Å²) in [5.74, 6) is -0.179. The van der Waals surface area contributed by atoms with E-state index in [2.05, 4.69) is 6.92 Å². The summed E-state index contributed by atoms with van der Waals surface area (Å²) < 4.78 is 5.11. The highest BCUT2D eigenvalue weighted by Crippen LogP contribution is 2.08. The zero-order valence-electron chi connectivity index (χ0n) is 9.74. The quantitative estimate of drug-likeness (QED) is 0.456. The lowest BCUT2D eigenvalue weighted by molar-refractivity contribution is -0.142. The van der Waals surface area contributed by atoms with Crippen molar-refractivity contribution in [1.82, 2.24) is 0 Å². The van der Waals surface area contributed by atoms with Crippen molar-refractivity contribution in [3.8, 4) is 0 Å². The minimum Gasteiger partial charge on any atom is -0.465 e. The molecule has 1 aromatic rings. The van der Waals surface area contributed by atoms with E-state index in [0.29, 0.717) is 18.7 Å². The number of benzene rings is 1. The first kappa shape index (κ1) is 12.6. The lowest BCUT2D eigenvalue weighted by Gasteiger charge is -2.04. The van der Waals surface area contributed by atoms with Gasteiger partial charge in [-0.1, -0.05) is 31.9 Å². The maximum atomic E-state index is 11.4. The van der Waals surface area contributed by atoms with Gasteiger partial charge in [0.2, 0.25) is 0 Å². The van der Waals surface area contributed by atoms with Gasteiger partial charge in [-0.05, 0) is 24.1 Å². The molecule has 0 fully saturated rings. The van der Waals surface area contributed by atoms with Crippen LogP contribution in [-0.2, 0) is 16.0 Å². The highest BCUT2D eigenvalue weighted by Gasteiger charge is 2.04. The molecule has 0 saturated heterocycles. The first-order chi connectivity index (χ1) is 7.72. The van der Waals surface area contributed by atoms with Crippen LogP contribution in [0, 0.1) is 0 Å². The van der Waals surface area contributed by atoms with Crippen LogP contribution in [0.15, 0.2) is 24.3 Å². The molecule has 16 heavy (non-hydrogen) atoms. The molecule has 0 unspecified atom stereocenters. The van der Waals surface area contributed by atoms with E-state index < -0.39 is 0 Å². The molecule has 1 rings (SSSR count). The van der Waals surface area contributed by atoms with Crippen molar-refractivity contribution in [2.75, 3.05) is 12.3 Å². The van der Waals surface area contributed by atoms with Crippen molar-refractivity contribution in [1.29, 1.82) is 0 Å². The summed E-state index contributed by atoms with van der Waals surface area (Å²) in [6.07, 6.45) is 3.48. The van der Waals surface area contributed by atoms with Crippen LogP contribution >= 0.6 is 0 Å². The Labute approximate surface area is 96.6 Å². The SMILES string of the molecule is CCCCCOC(=O)Cc1cccc(N)c1. The number of nitrogens with two attached hydrogens (primary N) is 1. The third kappa shape index (κ3) is 4.82. The van der Waals surface area contributed by atoms with Crippen LogP contribution in [0.2, 0.25) is 0 Å². The Kier molecular flexibility index (Phi) is 5.40. The number of carbonyl (C=O) groups excluding carboxylic acids is 1. The highest BCUT2D eigenvalue weighted by atomic mass is 16.5. The molecule has 3 heteroatoms. The second-order valence-electron chi connectivity index (χ2n) is 3.85. The number of carbonyl (C=O) groups is 1. The Balaban J connectivity index is 2.29. The summed E-state index contributed by atoms with van der Waals surface area (Å²) in [7, 11) is 0. The molecular formula is C13H19NO2. The number of unbranched alkanes of at least 4 members (excludes halogenated alkanes) is 2. The number of hydrogen-bond donors (Lipinski definition) is 1. The van der Waals surface area contributed by atoms with Gasteiger partial charge in [-0.2, -0.15) is 0 Å².